The molecule has 1 rings (SSSR count). The lowest BCUT2D eigenvalue weighted by molar-refractivity contribution is 0.178. The van der Waals surface area contributed by atoms with E-state index in [-0.39, 0.29) is 0 Å². The Hall–Kier alpha value is -1.29. The standard InChI is InChI=1S/C8H12N2O2/c1-11-5-7-8(12-2)6(9)3-4-10-7/h3-4H,5H2,1-2H3,(H2,9,10). The van der Waals surface area contributed by atoms with Gasteiger partial charge in [0.15, 0.2) is 5.75 Å². The summed E-state index contributed by atoms with van der Waals surface area (Å²) >= 11 is 0. The highest BCUT2D eigenvalue weighted by molar-refractivity contribution is 5.53. The lowest BCUT2D eigenvalue weighted by Gasteiger charge is -2.08. The van der Waals surface area contributed by atoms with E-state index in [2.05, 4.69) is 4.98 Å². The van der Waals surface area contributed by atoms with Crippen molar-refractivity contribution in [3.8, 4) is 5.75 Å². The number of anilines is 1. The lowest BCUT2D eigenvalue weighted by Crippen LogP contribution is -2.00. The number of nitrogens with zero attached hydrogens (tertiary/aromatic N) is 1. The molecule has 66 valence electrons. The summed E-state index contributed by atoms with van der Waals surface area (Å²) in [5, 5.41) is 0. The molecule has 1 heterocycles. The van der Waals surface area contributed by atoms with Crippen LogP contribution in [0.4, 0.5) is 5.69 Å². The number of methoxy groups -OCH3 is 2. The Morgan fingerprint density at radius 1 is 1.50 bits per heavy atom. The molecule has 0 saturated carbocycles. The van der Waals surface area contributed by atoms with Crippen LogP contribution in [0, 0.1) is 0 Å². The molecule has 0 spiro atoms. The molecule has 0 aliphatic heterocycles. The minimum Gasteiger partial charge on any atom is -0.493 e. The second-order valence-electron chi connectivity index (χ2n) is 2.31. The Balaban J connectivity index is 3.00. The highest BCUT2D eigenvalue weighted by Crippen LogP contribution is 2.23. The number of ether oxygens (including phenoxy) is 2. The van der Waals surface area contributed by atoms with Gasteiger partial charge in [-0.25, -0.2) is 0 Å². The van der Waals surface area contributed by atoms with Crippen molar-refractivity contribution in [1.29, 1.82) is 0 Å². The Morgan fingerprint density at radius 3 is 2.83 bits per heavy atom. The van der Waals surface area contributed by atoms with Gasteiger partial charge in [0, 0.05) is 13.3 Å². The van der Waals surface area contributed by atoms with Crippen LogP contribution in [-0.2, 0) is 11.3 Å². The van der Waals surface area contributed by atoms with Crippen molar-refractivity contribution >= 4 is 5.69 Å². The topological polar surface area (TPSA) is 57.4 Å². The number of hydrogen-bond donors (Lipinski definition) is 1. The molecule has 0 amide bonds. The quantitative estimate of drug-likeness (QED) is 0.725. The maximum Gasteiger partial charge on any atom is 0.165 e. The zero-order chi connectivity index (χ0) is 8.97. The third-order valence-electron chi connectivity index (χ3n) is 1.49. The fraction of sp³-hybridized carbons (Fsp3) is 0.375. The van der Waals surface area contributed by atoms with Gasteiger partial charge in [-0.1, -0.05) is 0 Å². The minimum absolute atomic E-state index is 0.411. The van der Waals surface area contributed by atoms with Crippen molar-refractivity contribution in [3.05, 3.63) is 18.0 Å². The van der Waals surface area contributed by atoms with Crippen LogP contribution in [0.1, 0.15) is 5.69 Å². The largest absolute Gasteiger partial charge is 0.493 e. The summed E-state index contributed by atoms with van der Waals surface area (Å²) < 4.78 is 9.99. The summed E-state index contributed by atoms with van der Waals surface area (Å²) in [7, 11) is 3.16. The molecule has 0 aliphatic carbocycles. The summed E-state index contributed by atoms with van der Waals surface area (Å²) in [5.41, 5.74) is 6.95. The first-order valence-corrected chi connectivity index (χ1v) is 3.56. The maximum absolute atomic E-state index is 5.64. The number of rotatable bonds is 3. The molecular formula is C8H12N2O2. The predicted octanol–water partition coefficient (Wildman–Crippen LogP) is 0.819. The van der Waals surface area contributed by atoms with Crippen LogP contribution < -0.4 is 10.5 Å². The molecule has 2 N–H and O–H groups in total. The molecule has 0 radical (unpaired) electrons. The Bertz CT molecular complexity index is 263. The molecule has 12 heavy (non-hydrogen) atoms. The number of hydrogen-bond acceptors (Lipinski definition) is 4. The summed E-state index contributed by atoms with van der Waals surface area (Å²) in [4.78, 5) is 4.07. The third kappa shape index (κ3) is 1.65. The van der Waals surface area contributed by atoms with Crippen LogP contribution in [-0.4, -0.2) is 19.2 Å². The van der Waals surface area contributed by atoms with Gasteiger partial charge in [0.25, 0.3) is 0 Å². The SMILES string of the molecule is COCc1nccc(N)c1OC. The van der Waals surface area contributed by atoms with Crippen LogP contribution in [0.15, 0.2) is 12.3 Å². The average molecular weight is 168 g/mol. The molecule has 0 bridgehead atoms. The summed E-state index contributed by atoms with van der Waals surface area (Å²) in [6.07, 6.45) is 1.63. The lowest BCUT2D eigenvalue weighted by atomic mass is 10.3. The number of nitrogen functional groups attached to an aromatic ring is 1. The van der Waals surface area contributed by atoms with E-state index in [0.29, 0.717) is 18.0 Å². The van der Waals surface area contributed by atoms with E-state index in [1.807, 2.05) is 0 Å². The van der Waals surface area contributed by atoms with Crippen LogP contribution >= 0.6 is 0 Å². The zero-order valence-electron chi connectivity index (χ0n) is 7.20. The molecule has 1 aromatic heterocycles. The van der Waals surface area contributed by atoms with Crippen LogP contribution in [0.3, 0.4) is 0 Å². The average Bonchev–Trinajstić information content (AvgIpc) is 2.05. The van der Waals surface area contributed by atoms with Gasteiger partial charge in [-0.2, -0.15) is 0 Å². The van der Waals surface area contributed by atoms with Crippen molar-refractivity contribution in [1.82, 2.24) is 4.98 Å². The Morgan fingerprint density at radius 2 is 2.25 bits per heavy atom. The summed E-state index contributed by atoms with van der Waals surface area (Å²) in [6, 6.07) is 1.69. The van der Waals surface area contributed by atoms with E-state index >= 15 is 0 Å². The van der Waals surface area contributed by atoms with Gasteiger partial charge in [0.1, 0.15) is 5.69 Å². The first-order valence-electron chi connectivity index (χ1n) is 3.56. The van der Waals surface area contributed by atoms with Crippen molar-refractivity contribution in [2.75, 3.05) is 20.0 Å². The molecule has 0 saturated heterocycles. The monoisotopic (exact) mass is 168 g/mol. The van der Waals surface area contributed by atoms with Crippen LogP contribution in [0.2, 0.25) is 0 Å². The van der Waals surface area contributed by atoms with Crippen molar-refractivity contribution in [3.63, 3.8) is 0 Å². The Labute approximate surface area is 71.3 Å². The number of pyridine rings is 1. The van der Waals surface area contributed by atoms with Crippen LogP contribution in [0.25, 0.3) is 0 Å². The molecule has 4 heteroatoms. The van der Waals surface area contributed by atoms with Gasteiger partial charge in [-0.15, -0.1) is 0 Å². The molecule has 1 aromatic rings. The third-order valence-corrected chi connectivity index (χ3v) is 1.49. The van der Waals surface area contributed by atoms with E-state index in [9.17, 15) is 0 Å². The smallest absolute Gasteiger partial charge is 0.165 e. The van der Waals surface area contributed by atoms with Gasteiger partial charge < -0.3 is 15.2 Å². The highest BCUT2D eigenvalue weighted by atomic mass is 16.5. The number of aromatic nitrogens is 1. The van der Waals surface area contributed by atoms with Gasteiger partial charge in [-0.3, -0.25) is 4.98 Å². The maximum atomic E-state index is 5.64. The van der Waals surface area contributed by atoms with Gasteiger partial charge in [0.05, 0.1) is 19.4 Å². The van der Waals surface area contributed by atoms with E-state index in [0.717, 1.165) is 5.69 Å². The summed E-state index contributed by atoms with van der Waals surface area (Å²) in [5.74, 6) is 0.597. The molecule has 4 nitrogen and oxygen atoms in total. The van der Waals surface area contributed by atoms with Crippen molar-refractivity contribution in [2.45, 2.75) is 6.61 Å². The molecule has 0 aliphatic rings. The fourth-order valence-electron chi connectivity index (χ4n) is 0.984. The van der Waals surface area contributed by atoms with E-state index in [4.69, 9.17) is 15.2 Å². The van der Waals surface area contributed by atoms with E-state index in [1.165, 1.54) is 0 Å². The molecule has 0 aromatic carbocycles. The van der Waals surface area contributed by atoms with Crippen molar-refractivity contribution in [2.24, 2.45) is 0 Å². The molecule has 0 atom stereocenters. The van der Waals surface area contributed by atoms with Gasteiger partial charge in [0.2, 0.25) is 0 Å². The molecule has 0 fully saturated rings. The minimum atomic E-state index is 0.411. The number of nitrogens with two attached hydrogens (primary N) is 1. The molecular weight excluding hydrogens is 156 g/mol. The highest BCUT2D eigenvalue weighted by Gasteiger charge is 2.06. The van der Waals surface area contributed by atoms with Crippen LogP contribution in [0.5, 0.6) is 5.75 Å². The zero-order valence-corrected chi connectivity index (χ0v) is 7.20. The first kappa shape index (κ1) is 8.80. The van der Waals surface area contributed by atoms with E-state index < -0.39 is 0 Å². The normalized spacial score (nSPS) is 9.83. The first-order chi connectivity index (χ1) is 5.79. The Kier molecular flexibility index (Phi) is 2.88. The summed E-state index contributed by atoms with van der Waals surface area (Å²) in [6.45, 7) is 0.411. The second-order valence-corrected chi connectivity index (χ2v) is 2.31. The van der Waals surface area contributed by atoms with Gasteiger partial charge >= 0.3 is 0 Å². The van der Waals surface area contributed by atoms with Gasteiger partial charge in [-0.05, 0) is 6.07 Å². The predicted molar refractivity (Wildman–Crippen MR) is 45.9 cm³/mol. The molecule has 0 unspecified atom stereocenters. The van der Waals surface area contributed by atoms with Crippen molar-refractivity contribution < 1.29 is 9.47 Å². The fourth-order valence-corrected chi connectivity index (χ4v) is 0.984. The van der Waals surface area contributed by atoms with E-state index in [1.54, 1.807) is 26.5 Å². The second kappa shape index (κ2) is 3.92.